The summed E-state index contributed by atoms with van der Waals surface area (Å²) < 4.78 is 10.7. The molecule has 182 valence electrons. The van der Waals surface area contributed by atoms with E-state index in [2.05, 4.69) is 6.92 Å². The van der Waals surface area contributed by atoms with Crippen molar-refractivity contribution in [2.45, 2.75) is 26.7 Å². The van der Waals surface area contributed by atoms with Crippen molar-refractivity contribution >= 4 is 46.0 Å². The van der Waals surface area contributed by atoms with Gasteiger partial charge in [0.1, 0.15) is 0 Å². The zero-order valence-corrected chi connectivity index (χ0v) is 20.6. The fourth-order valence-corrected chi connectivity index (χ4v) is 5.15. The van der Waals surface area contributed by atoms with Crippen LogP contribution in [-0.4, -0.2) is 22.8 Å². The van der Waals surface area contributed by atoms with Crippen molar-refractivity contribution in [3.05, 3.63) is 92.4 Å². The summed E-state index contributed by atoms with van der Waals surface area (Å²) in [6.45, 7) is 4.08. The number of amidine groups is 1. The summed E-state index contributed by atoms with van der Waals surface area (Å²) >= 11 is 1.20. The number of thioether (sulfide) groups is 1. The highest BCUT2D eigenvalue weighted by molar-refractivity contribution is 8.19. The van der Waals surface area contributed by atoms with Gasteiger partial charge in [0.15, 0.2) is 16.7 Å². The molecular formula is C27H23N3O5S. The van der Waals surface area contributed by atoms with E-state index in [9.17, 15) is 14.9 Å². The maximum Gasteiger partial charge on any atom is 0.280 e. The number of aliphatic imine (C=N–C) groups is 1. The molecule has 0 aliphatic carbocycles. The van der Waals surface area contributed by atoms with Crippen LogP contribution < -0.4 is 14.4 Å². The van der Waals surface area contributed by atoms with Crippen molar-refractivity contribution in [2.24, 2.45) is 4.99 Å². The number of nitro benzene ring substituents is 1. The molecule has 0 bridgehead atoms. The number of aryl methyl sites for hydroxylation is 2. The molecule has 0 saturated carbocycles. The third-order valence-electron chi connectivity index (χ3n) is 6.01. The van der Waals surface area contributed by atoms with Gasteiger partial charge in [-0.3, -0.25) is 19.8 Å². The average molecular weight is 502 g/mol. The Labute approximate surface area is 212 Å². The smallest absolute Gasteiger partial charge is 0.280 e. The number of nitro groups is 1. The molecule has 0 radical (unpaired) electrons. The predicted octanol–water partition coefficient (Wildman–Crippen LogP) is 6.26. The summed E-state index contributed by atoms with van der Waals surface area (Å²) in [6, 6.07) is 18.4. The van der Waals surface area contributed by atoms with Gasteiger partial charge in [0.05, 0.1) is 32.8 Å². The van der Waals surface area contributed by atoms with Crippen molar-refractivity contribution < 1.29 is 19.2 Å². The number of hydrogen-bond acceptors (Lipinski definition) is 7. The van der Waals surface area contributed by atoms with Crippen LogP contribution in [0.5, 0.6) is 11.5 Å². The minimum atomic E-state index is -0.491. The zero-order valence-electron chi connectivity index (χ0n) is 19.8. The number of ether oxygens (including phenoxy) is 2. The van der Waals surface area contributed by atoms with Gasteiger partial charge in [-0.05, 0) is 60.0 Å². The third-order valence-corrected chi connectivity index (χ3v) is 6.98. The molecule has 1 fully saturated rings. The zero-order chi connectivity index (χ0) is 25.2. The van der Waals surface area contributed by atoms with Crippen molar-refractivity contribution in [1.82, 2.24) is 0 Å². The number of carbonyl (C=O) groups excluding carboxylic acids is 1. The lowest BCUT2D eigenvalue weighted by Gasteiger charge is -2.19. The summed E-state index contributed by atoms with van der Waals surface area (Å²) in [6.07, 6.45) is 3.06. The summed E-state index contributed by atoms with van der Waals surface area (Å²) in [5.74, 6) is 0.425. The number of amides is 1. The molecule has 0 spiro atoms. The minimum absolute atomic E-state index is 0.00455. The molecule has 2 heterocycles. The maximum absolute atomic E-state index is 13.8. The molecule has 5 rings (SSSR count). The SMILES string of the molecule is CCc1ccccc1N=C1S/C(=C/c2cc3c(cc2[N+](=O)[O-])OCO3)C(=O)N1c1ccccc1CC. The Kier molecular flexibility index (Phi) is 6.47. The van der Waals surface area contributed by atoms with Crippen molar-refractivity contribution in [3.8, 4) is 11.5 Å². The van der Waals surface area contributed by atoms with Crippen molar-refractivity contribution in [3.63, 3.8) is 0 Å². The number of benzene rings is 3. The Morgan fingerprint density at radius 2 is 1.69 bits per heavy atom. The third kappa shape index (κ3) is 4.33. The van der Waals surface area contributed by atoms with Gasteiger partial charge in [0.2, 0.25) is 6.79 Å². The van der Waals surface area contributed by atoms with E-state index in [0.29, 0.717) is 21.6 Å². The quantitative estimate of drug-likeness (QED) is 0.225. The summed E-state index contributed by atoms with van der Waals surface area (Å²) in [5, 5.41) is 12.3. The summed E-state index contributed by atoms with van der Waals surface area (Å²) in [4.78, 5) is 31.9. The topological polar surface area (TPSA) is 94.3 Å². The molecule has 36 heavy (non-hydrogen) atoms. The fourth-order valence-electron chi connectivity index (χ4n) is 4.17. The van der Waals surface area contributed by atoms with Crippen LogP contribution >= 0.6 is 11.8 Å². The average Bonchev–Trinajstić information content (AvgIpc) is 3.47. The van der Waals surface area contributed by atoms with E-state index < -0.39 is 4.92 Å². The van der Waals surface area contributed by atoms with Gasteiger partial charge in [-0.25, -0.2) is 4.99 Å². The molecule has 3 aromatic rings. The molecule has 1 saturated heterocycles. The van der Waals surface area contributed by atoms with Crippen LogP contribution in [0.25, 0.3) is 6.08 Å². The van der Waals surface area contributed by atoms with E-state index >= 15 is 0 Å². The first kappa shape index (κ1) is 23.6. The Balaban J connectivity index is 1.65. The first-order valence-electron chi connectivity index (χ1n) is 11.6. The van der Waals surface area contributed by atoms with E-state index in [1.807, 2.05) is 55.5 Å². The molecular weight excluding hydrogens is 478 g/mol. The highest BCUT2D eigenvalue weighted by Crippen LogP contribution is 2.43. The van der Waals surface area contributed by atoms with Gasteiger partial charge in [-0.1, -0.05) is 50.2 Å². The molecule has 3 aromatic carbocycles. The first-order chi connectivity index (χ1) is 17.5. The molecule has 0 atom stereocenters. The van der Waals surface area contributed by atoms with Crippen LogP contribution in [0.1, 0.15) is 30.5 Å². The number of hydrogen-bond donors (Lipinski definition) is 0. The Hall–Kier alpha value is -4.11. The molecule has 0 unspecified atom stereocenters. The van der Waals surface area contributed by atoms with Gasteiger partial charge in [0.25, 0.3) is 11.6 Å². The minimum Gasteiger partial charge on any atom is -0.454 e. The summed E-state index contributed by atoms with van der Waals surface area (Å²) in [7, 11) is 0. The van der Waals surface area contributed by atoms with Gasteiger partial charge in [0, 0.05) is 0 Å². The van der Waals surface area contributed by atoms with Crippen LogP contribution in [0.3, 0.4) is 0 Å². The number of para-hydroxylation sites is 2. The lowest BCUT2D eigenvalue weighted by Crippen LogP contribution is -2.29. The van der Waals surface area contributed by atoms with Gasteiger partial charge in [-0.15, -0.1) is 0 Å². The van der Waals surface area contributed by atoms with Crippen LogP contribution in [-0.2, 0) is 17.6 Å². The lowest BCUT2D eigenvalue weighted by molar-refractivity contribution is -0.385. The Morgan fingerprint density at radius 3 is 2.42 bits per heavy atom. The van der Waals surface area contributed by atoms with Crippen molar-refractivity contribution in [1.29, 1.82) is 0 Å². The monoisotopic (exact) mass is 501 g/mol. The predicted molar refractivity (Wildman–Crippen MR) is 141 cm³/mol. The molecule has 2 aliphatic rings. The van der Waals surface area contributed by atoms with E-state index in [0.717, 1.165) is 35.3 Å². The molecule has 2 aliphatic heterocycles. The number of rotatable bonds is 6. The number of carbonyl (C=O) groups is 1. The second-order valence-electron chi connectivity index (χ2n) is 8.13. The van der Waals surface area contributed by atoms with Crippen molar-refractivity contribution in [2.75, 3.05) is 11.7 Å². The standard InChI is InChI=1S/C27H23N3O5S/c1-3-17-9-5-7-11-20(17)28-27-29(21-12-8-6-10-18(21)4-2)26(31)25(36-27)14-19-13-23-24(35-16-34-23)15-22(19)30(32)33/h5-15H,3-4,16H2,1-2H3/b25-14+,28-27?. The maximum atomic E-state index is 13.8. The molecule has 8 nitrogen and oxygen atoms in total. The van der Waals surface area contributed by atoms with Crippen LogP contribution in [0.2, 0.25) is 0 Å². The van der Waals surface area contributed by atoms with E-state index in [1.54, 1.807) is 4.90 Å². The van der Waals surface area contributed by atoms with E-state index in [1.165, 1.54) is 30.0 Å². The van der Waals surface area contributed by atoms with Crippen LogP contribution in [0.4, 0.5) is 17.1 Å². The van der Waals surface area contributed by atoms with Gasteiger partial charge in [-0.2, -0.15) is 0 Å². The molecule has 9 heteroatoms. The van der Waals surface area contributed by atoms with Gasteiger partial charge < -0.3 is 9.47 Å². The van der Waals surface area contributed by atoms with Gasteiger partial charge >= 0.3 is 0 Å². The summed E-state index contributed by atoms with van der Waals surface area (Å²) in [5.41, 5.74) is 3.68. The number of anilines is 1. The second kappa shape index (κ2) is 9.87. The molecule has 0 N–H and O–H groups in total. The normalized spacial score (nSPS) is 16.8. The highest BCUT2D eigenvalue weighted by atomic mass is 32.2. The Morgan fingerprint density at radius 1 is 1.03 bits per heavy atom. The lowest BCUT2D eigenvalue weighted by atomic mass is 10.1. The molecule has 0 aromatic heterocycles. The number of nitrogens with zero attached hydrogens (tertiary/aromatic N) is 3. The van der Waals surface area contributed by atoms with Crippen LogP contribution in [0, 0.1) is 10.1 Å². The second-order valence-corrected chi connectivity index (χ2v) is 9.14. The first-order valence-corrected chi connectivity index (χ1v) is 12.4. The highest BCUT2D eigenvalue weighted by Gasteiger charge is 2.36. The Bertz CT molecular complexity index is 1430. The molecule has 1 amide bonds. The fraction of sp³-hybridized carbons (Fsp3) is 0.185. The largest absolute Gasteiger partial charge is 0.454 e. The van der Waals surface area contributed by atoms with E-state index in [-0.39, 0.29) is 24.0 Å². The van der Waals surface area contributed by atoms with E-state index in [4.69, 9.17) is 14.5 Å². The number of fused-ring (bicyclic) bond motifs is 1. The van der Waals surface area contributed by atoms with Crippen LogP contribution in [0.15, 0.2) is 70.6 Å².